The van der Waals surface area contributed by atoms with Gasteiger partial charge in [0.1, 0.15) is 5.82 Å². The number of halogens is 3. The molecule has 0 amide bonds. The second kappa shape index (κ2) is 5.29. The molecule has 1 heterocycles. The molecule has 1 aliphatic rings. The summed E-state index contributed by atoms with van der Waals surface area (Å²) in [7, 11) is 0. The molecule has 1 aromatic carbocycles. The highest BCUT2D eigenvalue weighted by molar-refractivity contribution is 6.03. The number of nitrogens with zero attached hydrogens (tertiary/aromatic N) is 1. The highest BCUT2D eigenvalue weighted by Crippen LogP contribution is 2.22. The van der Waals surface area contributed by atoms with Crippen LogP contribution < -0.4 is 0 Å². The molecule has 7 heteroatoms. The van der Waals surface area contributed by atoms with E-state index in [9.17, 15) is 18.0 Å². The van der Waals surface area contributed by atoms with Crippen LogP contribution in [0.2, 0.25) is 0 Å². The SMILES string of the molecule is CCOC(=O)C1CC(c2cc(F)c(F)cc2F)=NO1. The lowest BCUT2D eigenvalue weighted by Crippen LogP contribution is -2.23. The fourth-order valence-corrected chi connectivity index (χ4v) is 1.64. The number of oxime groups is 1. The maximum atomic E-state index is 13.5. The first-order chi connectivity index (χ1) is 9.02. The molecule has 0 radical (unpaired) electrons. The molecule has 0 N–H and O–H groups in total. The summed E-state index contributed by atoms with van der Waals surface area (Å²) in [5.41, 5.74) is -0.194. The van der Waals surface area contributed by atoms with Crippen molar-refractivity contribution in [3.8, 4) is 0 Å². The van der Waals surface area contributed by atoms with Crippen LogP contribution in [0.4, 0.5) is 13.2 Å². The van der Waals surface area contributed by atoms with E-state index in [0.29, 0.717) is 12.1 Å². The normalized spacial score (nSPS) is 17.9. The van der Waals surface area contributed by atoms with Gasteiger partial charge >= 0.3 is 5.97 Å². The van der Waals surface area contributed by atoms with Crippen LogP contribution in [0.25, 0.3) is 0 Å². The van der Waals surface area contributed by atoms with Gasteiger partial charge in [-0.15, -0.1) is 0 Å². The summed E-state index contributed by atoms with van der Waals surface area (Å²) >= 11 is 0. The Labute approximate surface area is 106 Å². The molecule has 0 bridgehead atoms. The van der Waals surface area contributed by atoms with Crippen molar-refractivity contribution in [2.24, 2.45) is 5.16 Å². The largest absolute Gasteiger partial charge is 0.463 e. The number of carbonyl (C=O) groups excluding carboxylic acids is 1. The third-order valence-corrected chi connectivity index (χ3v) is 2.54. The molecule has 0 saturated heterocycles. The van der Waals surface area contributed by atoms with Crippen LogP contribution in [0.1, 0.15) is 18.9 Å². The Morgan fingerprint density at radius 2 is 2.05 bits per heavy atom. The first kappa shape index (κ1) is 13.4. The lowest BCUT2D eigenvalue weighted by atomic mass is 10.0. The van der Waals surface area contributed by atoms with E-state index in [4.69, 9.17) is 9.57 Å². The topological polar surface area (TPSA) is 47.9 Å². The van der Waals surface area contributed by atoms with Gasteiger partial charge in [-0.25, -0.2) is 18.0 Å². The number of hydrogen-bond donors (Lipinski definition) is 0. The Morgan fingerprint density at radius 3 is 2.74 bits per heavy atom. The molecule has 0 spiro atoms. The summed E-state index contributed by atoms with van der Waals surface area (Å²) in [4.78, 5) is 16.2. The highest BCUT2D eigenvalue weighted by atomic mass is 19.2. The molecule has 1 unspecified atom stereocenters. The first-order valence-electron chi connectivity index (χ1n) is 5.57. The fraction of sp³-hybridized carbons (Fsp3) is 0.333. The molecule has 1 atom stereocenters. The maximum Gasteiger partial charge on any atom is 0.350 e. The molecule has 0 aromatic heterocycles. The Kier molecular flexibility index (Phi) is 3.73. The minimum Gasteiger partial charge on any atom is -0.463 e. The Hall–Kier alpha value is -2.05. The van der Waals surface area contributed by atoms with E-state index >= 15 is 0 Å². The van der Waals surface area contributed by atoms with Crippen LogP contribution in [-0.4, -0.2) is 24.4 Å². The van der Waals surface area contributed by atoms with Crippen LogP contribution in [0.5, 0.6) is 0 Å². The van der Waals surface area contributed by atoms with E-state index in [1.54, 1.807) is 6.92 Å². The third-order valence-electron chi connectivity index (χ3n) is 2.54. The second-order valence-electron chi connectivity index (χ2n) is 3.83. The molecule has 2 rings (SSSR count). The van der Waals surface area contributed by atoms with E-state index in [1.807, 2.05) is 0 Å². The van der Waals surface area contributed by atoms with E-state index < -0.39 is 29.5 Å². The second-order valence-corrected chi connectivity index (χ2v) is 3.83. The van der Waals surface area contributed by atoms with Gasteiger partial charge in [-0.1, -0.05) is 5.16 Å². The molecule has 4 nitrogen and oxygen atoms in total. The van der Waals surface area contributed by atoms with Crippen molar-refractivity contribution in [3.63, 3.8) is 0 Å². The summed E-state index contributed by atoms with van der Waals surface area (Å²) in [5.74, 6) is -4.09. The lowest BCUT2D eigenvalue weighted by molar-refractivity contribution is -0.154. The Bertz CT molecular complexity index is 545. The molecule has 19 heavy (non-hydrogen) atoms. The molecule has 0 aliphatic carbocycles. The quantitative estimate of drug-likeness (QED) is 0.626. The average Bonchev–Trinajstić information content (AvgIpc) is 2.83. The predicted molar refractivity (Wildman–Crippen MR) is 59.0 cm³/mol. The molecule has 0 saturated carbocycles. The number of esters is 1. The maximum absolute atomic E-state index is 13.5. The predicted octanol–water partition coefficient (Wildman–Crippen LogP) is 2.16. The summed E-state index contributed by atoms with van der Waals surface area (Å²) in [6.45, 7) is 1.80. The minimum atomic E-state index is -1.29. The van der Waals surface area contributed by atoms with Gasteiger partial charge in [-0.05, 0) is 13.0 Å². The zero-order chi connectivity index (χ0) is 14.0. The highest BCUT2D eigenvalue weighted by Gasteiger charge is 2.31. The van der Waals surface area contributed by atoms with E-state index in [1.165, 1.54) is 0 Å². The van der Waals surface area contributed by atoms with Crippen molar-refractivity contribution in [2.45, 2.75) is 19.4 Å². The van der Waals surface area contributed by atoms with Gasteiger partial charge in [0.05, 0.1) is 12.3 Å². The van der Waals surface area contributed by atoms with Crippen molar-refractivity contribution in [2.75, 3.05) is 6.61 Å². The Morgan fingerprint density at radius 1 is 1.37 bits per heavy atom. The van der Waals surface area contributed by atoms with Gasteiger partial charge < -0.3 is 9.57 Å². The van der Waals surface area contributed by atoms with Crippen LogP contribution in [0, 0.1) is 17.5 Å². The van der Waals surface area contributed by atoms with Gasteiger partial charge in [-0.2, -0.15) is 0 Å². The number of ether oxygens (including phenoxy) is 1. The number of hydrogen-bond acceptors (Lipinski definition) is 4. The molecular weight excluding hydrogens is 263 g/mol. The van der Waals surface area contributed by atoms with Crippen LogP contribution in [-0.2, 0) is 14.4 Å². The summed E-state index contributed by atoms with van der Waals surface area (Å²) in [6, 6.07) is 1.10. The molecule has 1 aliphatic heterocycles. The molecule has 1 aromatic rings. The number of benzene rings is 1. The Balaban J connectivity index is 2.17. The van der Waals surface area contributed by atoms with E-state index in [2.05, 4.69) is 5.16 Å². The fourth-order valence-electron chi connectivity index (χ4n) is 1.64. The summed E-state index contributed by atoms with van der Waals surface area (Å²) in [5, 5.41) is 3.51. The zero-order valence-electron chi connectivity index (χ0n) is 9.95. The van der Waals surface area contributed by atoms with Crippen molar-refractivity contribution in [1.82, 2.24) is 0 Å². The number of carbonyl (C=O) groups is 1. The van der Waals surface area contributed by atoms with Crippen LogP contribution >= 0.6 is 0 Å². The smallest absolute Gasteiger partial charge is 0.350 e. The monoisotopic (exact) mass is 273 g/mol. The van der Waals surface area contributed by atoms with Crippen molar-refractivity contribution in [3.05, 3.63) is 35.1 Å². The lowest BCUT2D eigenvalue weighted by Gasteiger charge is -2.06. The van der Waals surface area contributed by atoms with Gasteiger partial charge in [-0.3, -0.25) is 0 Å². The van der Waals surface area contributed by atoms with Crippen molar-refractivity contribution < 1.29 is 27.5 Å². The van der Waals surface area contributed by atoms with Crippen molar-refractivity contribution >= 4 is 11.7 Å². The van der Waals surface area contributed by atoms with Gasteiger partial charge in [0.25, 0.3) is 0 Å². The van der Waals surface area contributed by atoms with Crippen molar-refractivity contribution in [1.29, 1.82) is 0 Å². The molecule has 0 fully saturated rings. The van der Waals surface area contributed by atoms with E-state index in [0.717, 1.165) is 0 Å². The van der Waals surface area contributed by atoms with E-state index in [-0.39, 0.29) is 24.3 Å². The average molecular weight is 273 g/mol. The summed E-state index contributed by atoms with van der Waals surface area (Å²) < 4.78 is 44.1. The first-order valence-corrected chi connectivity index (χ1v) is 5.57. The summed E-state index contributed by atoms with van der Waals surface area (Å²) in [6.07, 6.45) is -1.04. The van der Waals surface area contributed by atoms with Gasteiger partial charge in [0, 0.05) is 18.1 Å². The third kappa shape index (κ3) is 2.69. The molecular formula is C12H10F3NO3. The zero-order valence-corrected chi connectivity index (χ0v) is 9.95. The number of rotatable bonds is 3. The minimum absolute atomic E-state index is 0.0365. The standard InChI is InChI=1S/C12H10F3NO3/c1-2-18-12(17)11-5-10(16-19-11)6-3-8(14)9(15)4-7(6)13/h3-4,11H,2,5H2,1H3. The van der Waals surface area contributed by atoms with Gasteiger partial charge in [0.2, 0.25) is 6.10 Å². The van der Waals surface area contributed by atoms with Crippen LogP contribution in [0.3, 0.4) is 0 Å². The van der Waals surface area contributed by atoms with Gasteiger partial charge in [0.15, 0.2) is 11.6 Å². The van der Waals surface area contributed by atoms with Crippen LogP contribution in [0.15, 0.2) is 17.3 Å². The molecule has 102 valence electrons.